The minimum absolute atomic E-state index is 0.369. The summed E-state index contributed by atoms with van der Waals surface area (Å²) < 4.78 is 0. The Morgan fingerprint density at radius 1 is 1.31 bits per heavy atom. The first kappa shape index (κ1) is 10.9. The molecule has 0 aliphatic heterocycles. The minimum atomic E-state index is 0.369. The summed E-state index contributed by atoms with van der Waals surface area (Å²) in [5.41, 5.74) is 3.20. The molecule has 0 aromatic heterocycles. The summed E-state index contributed by atoms with van der Waals surface area (Å²) in [5.74, 6) is 0.369. The molecule has 0 bridgehead atoms. The van der Waals surface area contributed by atoms with Crippen molar-refractivity contribution in [1.82, 2.24) is 0 Å². The van der Waals surface area contributed by atoms with E-state index in [4.69, 9.17) is 5.21 Å². The quantitative estimate of drug-likeness (QED) is 0.562. The lowest BCUT2D eigenvalue weighted by Gasteiger charge is -2.22. The Morgan fingerprint density at radius 3 is 2.75 bits per heavy atom. The molecular weight excluding hydrogens is 198 g/mol. The van der Waals surface area contributed by atoms with Crippen LogP contribution in [0.2, 0.25) is 0 Å². The Bertz CT molecular complexity index is 406. The third-order valence-electron chi connectivity index (χ3n) is 3.13. The molecule has 1 saturated carbocycles. The number of rotatable bonds is 1. The van der Waals surface area contributed by atoms with E-state index in [2.05, 4.69) is 30.3 Å². The van der Waals surface area contributed by atoms with E-state index < -0.39 is 0 Å². The first-order valence-electron chi connectivity index (χ1n) is 5.79. The fourth-order valence-corrected chi connectivity index (χ4v) is 2.24. The Hall–Kier alpha value is -1.57. The molecule has 84 valence electrons. The maximum atomic E-state index is 9.06. The number of oxime groups is 1. The van der Waals surface area contributed by atoms with Gasteiger partial charge in [-0.25, -0.2) is 0 Å². The molecule has 1 aromatic carbocycles. The Morgan fingerprint density at radius 2 is 2.06 bits per heavy atom. The predicted molar refractivity (Wildman–Crippen MR) is 66.7 cm³/mol. The first-order valence-corrected chi connectivity index (χ1v) is 5.79. The van der Waals surface area contributed by atoms with E-state index in [9.17, 15) is 0 Å². The number of allylic oxidation sites excluding steroid dienone is 1. The van der Waals surface area contributed by atoms with Gasteiger partial charge in [-0.2, -0.15) is 0 Å². The summed E-state index contributed by atoms with van der Waals surface area (Å²) >= 11 is 0. The van der Waals surface area contributed by atoms with Gasteiger partial charge in [0.15, 0.2) is 0 Å². The normalized spacial score (nSPS) is 26.2. The van der Waals surface area contributed by atoms with Crippen LogP contribution in [0.1, 0.15) is 31.7 Å². The average molecular weight is 215 g/mol. The standard InChI is InChI=1S/C14H17NO/c1-11-6-5-9-13(14(11)15-16)10-12-7-3-2-4-8-12/h2-4,7-8,10-11,16H,5-6,9H2,1H3/b13-10-,15-14?/t11-/m0/s1. The van der Waals surface area contributed by atoms with Crippen LogP contribution >= 0.6 is 0 Å². The zero-order valence-electron chi connectivity index (χ0n) is 9.56. The number of hydrogen-bond donors (Lipinski definition) is 1. The summed E-state index contributed by atoms with van der Waals surface area (Å²) in [5, 5.41) is 12.5. The topological polar surface area (TPSA) is 32.6 Å². The van der Waals surface area contributed by atoms with Crippen LogP contribution in [0.5, 0.6) is 0 Å². The van der Waals surface area contributed by atoms with E-state index in [1.165, 1.54) is 17.6 Å². The van der Waals surface area contributed by atoms with E-state index in [1.54, 1.807) is 0 Å². The molecule has 0 spiro atoms. The van der Waals surface area contributed by atoms with Crippen LogP contribution in [0.4, 0.5) is 0 Å². The fourth-order valence-electron chi connectivity index (χ4n) is 2.24. The van der Waals surface area contributed by atoms with E-state index in [0.717, 1.165) is 18.6 Å². The van der Waals surface area contributed by atoms with Gasteiger partial charge in [-0.3, -0.25) is 0 Å². The van der Waals surface area contributed by atoms with Gasteiger partial charge in [0.05, 0.1) is 5.71 Å². The second kappa shape index (κ2) is 4.97. The summed E-state index contributed by atoms with van der Waals surface area (Å²) in [6.07, 6.45) is 5.44. The molecule has 1 aliphatic carbocycles. The van der Waals surface area contributed by atoms with Crippen LogP contribution in [0.15, 0.2) is 41.1 Å². The lowest BCUT2D eigenvalue weighted by Crippen LogP contribution is -2.19. The molecule has 1 N–H and O–H groups in total. The van der Waals surface area contributed by atoms with Crippen molar-refractivity contribution >= 4 is 11.8 Å². The first-order chi connectivity index (χ1) is 7.81. The predicted octanol–water partition coefficient (Wildman–Crippen LogP) is 3.72. The fraction of sp³-hybridized carbons (Fsp3) is 0.357. The van der Waals surface area contributed by atoms with Crippen molar-refractivity contribution < 1.29 is 5.21 Å². The number of nitrogens with zero attached hydrogens (tertiary/aromatic N) is 1. The van der Waals surface area contributed by atoms with Gasteiger partial charge in [0, 0.05) is 5.92 Å². The summed E-state index contributed by atoms with van der Waals surface area (Å²) in [7, 11) is 0. The van der Waals surface area contributed by atoms with Crippen molar-refractivity contribution in [1.29, 1.82) is 0 Å². The van der Waals surface area contributed by atoms with E-state index in [-0.39, 0.29) is 0 Å². The molecule has 0 radical (unpaired) electrons. The molecule has 0 saturated heterocycles. The zero-order chi connectivity index (χ0) is 11.4. The van der Waals surface area contributed by atoms with Gasteiger partial charge in [0.2, 0.25) is 0 Å². The Labute approximate surface area is 96.3 Å². The van der Waals surface area contributed by atoms with Crippen LogP contribution in [0.3, 0.4) is 0 Å². The van der Waals surface area contributed by atoms with E-state index in [1.807, 2.05) is 18.2 Å². The maximum Gasteiger partial charge on any atom is 0.0855 e. The third-order valence-corrected chi connectivity index (χ3v) is 3.13. The Balaban J connectivity index is 2.29. The number of hydrogen-bond acceptors (Lipinski definition) is 2. The minimum Gasteiger partial charge on any atom is -0.411 e. The third kappa shape index (κ3) is 2.32. The van der Waals surface area contributed by atoms with Crippen LogP contribution in [0.25, 0.3) is 6.08 Å². The zero-order valence-corrected chi connectivity index (χ0v) is 9.56. The summed E-state index contributed by atoms with van der Waals surface area (Å²) in [6.45, 7) is 2.12. The maximum absolute atomic E-state index is 9.06. The number of benzene rings is 1. The van der Waals surface area contributed by atoms with Gasteiger partial charge < -0.3 is 5.21 Å². The van der Waals surface area contributed by atoms with Crippen LogP contribution < -0.4 is 0 Å². The molecule has 2 nitrogen and oxygen atoms in total. The summed E-state index contributed by atoms with van der Waals surface area (Å²) in [4.78, 5) is 0. The lowest BCUT2D eigenvalue weighted by molar-refractivity contribution is 0.313. The Kier molecular flexibility index (Phi) is 3.40. The van der Waals surface area contributed by atoms with Gasteiger partial charge in [-0.05, 0) is 36.5 Å². The highest BCUT2D eigenvalue weighted by Gasteiger charge is 2.21. The van der Waals surface area contributed by atoms with E-state index in [0.29, 0.717) is 5.92 Å². The van der Waals surface area contributed by atoms with Crippen molar-refractivity contribution in [2.24, 2.45) is 11.1 Å². The smallest absolute Gasteiger partial charge is 0.0855 e. The van der Waals surface area contributed by atoms with Gasteiger partial charge in [-0.15, -0.1) is 0 Å². The van der Waals surface area contributed by atoms with Crippen molar-refractivity contribution in [2.75, 3.05) is 0 Å². The van der Waals surface area contributed by atoms with Crippen molar-refractivity contribution in [2.45, 2.75) is 26.2 Å². The van der Waals surface area contributed by atoms with Crippen LogP contribution in [-0.2, 0) is 0 Å². The molecule has 2 heteroatoms. The molecule has 0 unspecified atom stereocenters. The molecule has 1 aromatic rings. The average Bonchev–Trinajstić information content (AvgIpc) is 2.31. The highest BCUT2D eigenvalue weighted by atomic mass is 16.4. The van der Waals surface area contributed by atoms with Crippen LogP contribution in [-0.4, -0.2) is 10.9 Å². The monoisotopic (exact) mass is 215 g/mol. The molecule has 1 aliphatic rings. The van der Waals surface area contributed by atoms with Crippen molar-refractivity contribution in [3.8, 4) is 0 Å². The highest BCUT2D eigenvalue weighted by Crippen LogP contribution is 2.27. The van der Waals surface area contributed by atoms with Gasteiger partial charge in [-0.1, -0.05) is 42.4 Å². The van der Waals surface area contributed by atoms with Crippen molar-refractivity contribution in [3.63, 3.8) is 0 Å². The molecule has 1 atom stereocenters. The lowest BCUT2D eigenvalue weighted by atomic mass is 9.84. The highest BCUT2D eigenvalue weighted by molar-refractivity contribution is 6.05. The molecular formula is C14H17NO. The molecule has 2 rings (SSSR count). The molecule has 16 heavy (non-hydrogen) atoms. The molecule has 0 heterocycles. The van der Waals surface area contributed by atoms with Gasteiger partial charge in [0.1, 0.15) is 0 Å². The van der Waals surface area contributed by atoms with Crippen LogP contribution in [0, 0.1) is 5.92 Å². The molecule has 0 amide bonds. The van der Waals surface area contributed by atoms with Crippen molar-refractivity contribution in [3.05, 3.63) is 41.5 Å². The summed E-state index contributed by atoms with van der Waals surface area (Å²) in [6, 6.07) is 10.2. The van der Waals surface area contributed by atoms with Gasteiger partial charge >= 0.3 is 0 Å². The molecule has 1 fully saturated rings. The van der Waals surface area contributed by atoms with Gasteiger partial charge in [0.25, 0.3) is 0 Å². The second-order valence-corrected chi connectivity index (χ2v) is 4.36. The largest absolute Gasteiger partial charge is 0.411 e. The van der Waals surface area contributed by atoms with E-state index >= 15 is 0 Å². The second-order valence-electron chi connectivity index (χ2n) is 4.36. The SMILES string of the molecule is C[C@H]1CCC/C(=C/c2ccccc2)C1=NO.